The van der Waals surface area contributed by atoms with Gasteiger partial charge in [-0.15, -0.1) is 0 Å². The van der Waals surface area contributed by atoms with Gasteiger partial charge >= 0.3 is 11.8 Å². The van der Waals surface area contributed by atoms with E-state index >= 15 is 0 Å². The fourth-order valence-corrected chi connectivity index (χ4v) is 5.32. The zero-order chi connectivity index (χ0) is 27.3. The zero-order valence-electron chi connectivity index (χ0n) is 23.2. The third kappa shape index (κ3) is 6.49. The maximum absolute atomic E-state index is 13.8. The third-order valence-electron chi connectivity index (χ3n) is 7.24. The number of hydrogen-bond acceptors (Lipinski definition) is 5. The van der Waals surface area contributed by atoms with Gasteiger partial charge in [-0.2, -0.15) is 0 Å². The Kier molecular flexibility index (Phi) is 8.97. The standard InChI is InChI=1S/C29H42N4O5/c1-5-6-20-37-23-15-11-10-14-22(23)33-25(21-12-8-7-9-13-21)24(30-27(33)35)26(34)31-16-18-32(19-17-31)28(36)38-29(2,3)4/h7-9,12-13,22-23H,5-6,10-11,14-20H2,1-4H3,(H,30,35)/t22-,23-/m1/s1. The number of amides is 2. The molecule has 0 bridgehead atoms. The highest BCUT2D eigenvalue weighted by Crippen LogP contribution is 2.35. The summed E-state index contributed by atoms with van der Waals surface area (Å²) in [7, 11) is 0. The summed E-state index contributed by atoms with van der Waals surface area (Å²) in [6.07, 6.45) is 5.41. The second-order valence-corrected chi connectivity index (χ2v) is 11.3. The molecule has 1 aromatic carbocycles. The average molecular weight is 527 g/mol. The Morgan fingerprint density at radius 3 is 2.32 bits per heavy atom. The van der Waals surface area contributed by atoms with Crippen LogP contribution in [0.2, 0.25) is 0 Å². The number of unbranched alkanes of at least 4 members (excludes halogenated alkanes) is 1. The summed E-state index contributed by atoms with van der Waals surface area (Å²) in [5, 5.41) is 0. The molecule has 38 heavy (non-hydrogen) atoms. The predicted molar refractivity (Wildman–Crippen MR) is 146 cm³/mol. The van der Waals surface area contributed by atoms with Gasteiger partial charge in [0.05, 0.1) is 17.8 Å². The molecule has 2 atom stereocenters. The van der Waals surface area contributed by atoms with E-state index in [1.165, 1.54) is 0 Å². The van der Waals surface area contributed by atoms with E-state index in [9.17, 15) is 14.4 Å². The maximum atomic E-state index is 13.8. The normalized spacial score (nSPS) is 20.4. The SMILES string of the molecule is CCCCO[C@@H]1CCCC[C@H]1n1c(-c2ccccc2)c(C(=O)N2CCN(C(=O)OC(C)(C)C)CC2)[nH]c1=O. The van der Waals surface area contributed by atoms with Crippen molar-refractivity contribution >= 4 is 12.0 Å². The van der Waals surface area contributed by atoms with Crippen molar-refractivity contribution in [2.45, 2.75) is 84.0 Å². The van der Waals surface area contributed by atoms with Crippen molar-refractivity contribution in [3.8, 4) is 11.3 Å². The van der Waals surface area contributed by atoms with Crippen molar-refractivity contribution in [3.05, 3.63) is 46.5 Å². The topological polar surface area (TPSA) is 96.9 Å². The Bertz CT molecular complexity index is 1140. The van der Waals surface area contributed by atoms with Crippen LogP contribution >= 0.6 is 0 Å². The van der Waals surface area contributed by atoms with Crippen LogP contribution in [0.5, 0.6) is 0 Å². The first-order valence-corrected chi connectivity index (χ1v) is 14.0. The average Bonchev–Trinajstić information content (AvgIpc) is 3.25. The number of aromatic amines is 1. The number of benzene rings is 1. The summed E-state index contributed by atoms with van der Waals surface area (Å²) in [5.74, 6) is -0.234. The molecule has 0 spiro atoms. The number of hydrogen-bond donors (Lipinski definition) is 1. The van der Waals surface area contributed by atoms with Gasteiger partial charge in [-0.25, -0.2) is 9.59 Å². The quantitative estimate of drug-likeness (QED) is 0.521. The molecule has 2 fully saturated rings. The highest BCUT2D eigenvalue weighted by Gasteiger charge is 2.35. The zero-order valence-corrected chi connectivity index (χ0v) is 23.2. The molecule has 1 saturated heterocycles. The summed E-state index contributed by atoms with van der Waals surface area (Å²) in [6.45, 7) is 9.80. The lowest BCUT2D eigenvalue weighted by molar-refractivity contribution is -0.00751. The predicted octanol–water partition coefficient (Wildman–Crippen LogP) is 4.84. The fraction of sp³-hybridized carbons (Fsp3) is 0.621. The van der Waals surface area contributed by atoms with E-state index < -0.39 is 5.60 Å². The Morgan fingerprint density at radius 2 is 1.66 bits per heavy atom. The highest BCUT2D eigenvalue weighted by atomic mass is 16.6. The first kappa shape index (κ1) is 28.0. The van der Waals surface area contributed by atoms with Gasteiger partial charge in [0.15, 0.2) is 0 Å². The van der Waals surface area contributed by atoms with Gasteiger partial charge in [0.1, 0.15) is 11.3 Å². The molecule has 1 aliphatic heterocycles. The molecule has 2 aromatic rings. The molecule has 2 heterocycles. The van der Waals surface area contributed by atoms with Crippen LogP contribution in [0.15, 0.2) is 35.1 Å². The molecule has 2 aliphatic rings. The number of rotatable bonds is 7. The Hall–Kier alpha value is -3.07. The van der Waals surface area contributed by atoms with Gasteiger partial charge in [-0.05, 0) is 40.0 Å². The molecule has 0 radical (unpaired) electrons. The van der Waals surface area contributed by atoms with Crippen LogP contribution in [0.3, 0.4) is 0 Å². The van der Waals surface area contributed by atoms with Crippen LogP contribution in [0.25, 0.3) is 11.3 Å². The largest absolute Gasteiger partial charge is 0.444 e. The molecule has 4 rings (SSSR count). The Morgan fingerprint density at radius 1 is 1.00 bits per heavy atom. The Labute approximate surface area is 225 Å². The molecule has 208 valence electrons. The van der Waals surface area contributed by atoms with Gasteiger partial charge in [0.25, 0.3) is 5.91 Å². The molecule has 1 aromatic heterocycles. The Balaban J connectivity index is 1.61. The van der Waals surface area contributed by atoms with Crippen LogP contribution in [0.1, 0.15) is 82.8 Å². The van der Waals surface area contributed by atoms with Gasteiger partial charge in [0.2, 0.25) is 0 Å². The number of ether oxygens (including phenoxy) is 2. The van der Waals surface area contributed by atoms with Crippen LogP contribution in [0, 0.1) is 0 Å². The monoisotopic (exact) mass is 526 g/mol. The number of aromatic nitrogens is 2. The number of carbonyl (C=O) groups is 2. The van der Waals surface area contributed by atoms with E-state index in [4.69, 9.17) is 9.47 Å². The molecule has 1 saturated carbocycles. The van der Waals surface area contributed by atoms with Crippen molar-refractivity contribution in [1.82, 2.24) is 19.4 Å². The lowest BCUT2D eigenvalue weighted by atomic mass is 9.91. The number of imidazole rings is 1. The minimum absolute atomic E-state index is 0.0633. The van der Waals surface area contributed by atoms with Crippen molar-refractivity contribution < 1.29 is 19.1 Å². The van der Waals surface area contributed by atoms with Crippen molar-refractivity contribution in [1.29, 1.82) is 0 Å². The maximum Gasteiger partial charge on any atom is 0.410 e. The van der Waals surface area contributed by atoms with E-state index in [0.29, 0.717) is 44.2 Å². The fourth-order valence-electron chi connectivity index (χ4n) is 5.32. The van der Waals surface area contributed by atoms with E-state index in [2.05, 4.69) is 11.9 Å². The summed E-state index contributed by atoms with van der Waals surface area (Å²) in [6, 6.07) is 9.50. The molecule has 1 aliphatic carbocycles. The first-order chi connectivity index (χ1) is 18.2. The number of nitrogens with one attached hydrogen (secondary N) is 1. The molecular formula is C29H42N4O5. The second-order valence-electron chi connectivity index (χ2n) is 11.3. The van der Waals surface area contributed by atoms with Crippen LogP contribution in [-0.2, 0) is 9.47 Å². The van der Waals surface area contributed by atoms with Crippen molar-refractivity contribution in [2.24, 2.45) is 0 Å². The first-order valence-electron chi connectivity index (χ1n) is 14.0. The summed E-state index contributed by atoms with van der Waals surface area (Å²) in [4.78, 5) is 46.0. The second kappa shape index (κ2) is 12.2. The van der Waals surface area contributed by atoms with Crippen molar-refractivity contribution in [3.63, 3.8) is 0 Å². The van der Waals surface area contributed by atoms with Crippen LogP contribution in [0.4, 0.5) is 4.79 Å². The van der Waals surface area contributed by atoms with Gasteiger partial charge < -0.3 is 24.3 Å². The van der Waals surface area contributed by atoms with E-state index in [1.54, 1.807) is 14.4 Å². The lowest BCUT2D eigenvalue weighted by Gasteiger charge is -2.35. The number of piperazine rings is 1. The molecule has 0 unspecified atom stereocenters. The van der Waals surface area contributed by atoms with E-state index in [-0.39, 0.29) is 29.8 Å². The molecule has 1 N–H and O–H groups in total. The van der Waals surface area contributed by atoms with E-state index in [1.807, 2.05) is 51.1 Å². The minimum atomic E-state index is -0.575. The van der Waals surface area contributed by atoms with Crippen LogP contribution in [-0.4, -0.2) is 75.8 Å². The number of H-pyrrole nitrogens is 1. The summed E-state index contributed by atoms with van der Waals surface area (Å²) >= 11 is 0. The van der Waals surface area contributed by atoms with Gasteiger partial charge in [0, 0.05) is 38.3 Å². The lowest BCUT2D eigenvalue weighted by Crippen LogP contribution is -2.51. The minimum Gasteiger partial charge on any atom is -0.444 e. The molecule has 9 nitrogen and oxygen atoms in total. The number of carbonyl (C=O) groups excluding carboxylic acids is 2. The van der Waals surface area contributed by atoms with Crippen LogP contribution < -0.4 is 5.69 Å². The molecule has 2 amide bonds. The molecule has 9 heteroatoms. The number of nitrogens with zero attached hydrogens (tertiary/aromatic N) is 3. The summed E-state index contributed by atoms with van der Waals surface area (Å²) in [5.41, 5.74) is 0.875. The molecular weight excluding hydrogens is 484 g/mol. The van der Waals surface area contributed by atoms with Gasteiger partial charge in [-0.3, -0.25) is 9.36 Å². The smallest absolute Gasteiger partial charge is 0.410 e. The van der Waals surface area contributed by atoms with E-state index in [0.717, 1.165) is 44.1 Å². The van der Waals surface area contributed by atoms with Gasteiger partial charge in [-0.1, -0.05) is 56.5 Å². The summed E-state index contributed by atoms with van der Waals surface area (Å²) < 4.78 is 13.5. The third-order valence-corrected chi connectivity index (χ3v) is 7.24. The highest BCUT2D eigenvalue weighted by molar-refractivity contribution is 5.98. The van der Waals surface area contributed by atoms with Crippen molar-refractivity contribution in [2.75, 3.05) is 32.8 Å².